The molecule has 110 valence electrons. The summed E-state index contributed by atoms with van der Waals surface area (Å²) in [5.74, 6) is 2.64. The molecule has 20 heavy (non-hydrogen) atoms. The Bertz CT molecular complexity index is 414. The molecule has 0 aromatic heterocycles. The van der Waals surface area contributed by atoms with Gasteiger partial charge in [-0.3, -0.25) is 0 Å². The zero-order chi connectivity index (χ0) is 13.8. The summed E-state index contributed by atoms with van der Waals surface area (Å²) >= 11 is 4.39. The van der Waals surface area contributed by atoms with E-state index in [0.29, 0.717) is 4.08 Å². The van der Waals surface area contributed by atoms with Crippen LogP contribution in [0.3, 0.4) is 0 Å². The molecule has 1 nitrogen and oxygen atoms in total. The maximum atomic E-state index is 2.60. The minimum atomic E-state index is 0.301. The molecule has 1 atom stereocenters. The van der Waals surface area contributed by atoms with Crippen molar-refractivity contribution in [3.8, 4) is 0 Å². The first-order valence-electron chi connectivity index (χ1n) is 7.84. The van der Waals surface area contributed by atoms with Gasteiger partial charge in [-0.2, -0.15) is 0 Å². The number of piperidine rings is 1. The van der Waals surface area contributed by atoms with Crippen molar-refractivity contribution in [2.75, 3.05) is 25.1 Å². The maximum absolute atomic E-state index is 2.60. The predicted octanol–water partition coefficient (Wildman–Crippen LogP) is 4.58. The fourth-order valence-electron chi connectivity index (χ4n) is 3.38. The van der Waals surface area contributed by atoms with Crippen LogP contribution in [-0.4, -0.2) is 36.0 Å². The number of nitrogens with zero attached hydrogens (tertiary/aromatic N) is 1. The second-order valence-corrected chi connectivity index (χ2v) is 9.05. The number of rotatable bonds is 3. The van der Waals surface area contributed by atoms with E-state index in [-0.39, 0.29) is 0 Å². The Morgan fingerprint density at radius 2 is 1.85 bits per heavy atom. The molecule has 0 N–H and O–H groups in total. The van der Waals surface area contributed by atoms with Crippen molar-refractivity contribution in [3.63, 3.8) is 0 Å². The highest BCUT2D eigenvalue weighted by Crippen LogP contribution is 2.54. The number of likely N-dealkylation sites (tertiary alicyclic amines) is 1. The van der Waals surface area contributed by atoms with Gasteiger partial charge in [-0.05, 0) is 56.3 Å². The van der Waals surface area contributed by atoms with Gasteiger partial charge >= 0.3 is 0 Å². The zero-order valence-corrected chi connectivity index (χ0v) is 14.0. The van der Waals surface area contributed by atoms with Crippen LogP contribution in [0.25, 0.3) is 0 Å². The Morgan fingerprint density at radius 1 is 1.10 bits per heavy atom. The molecule has 0 bridgehead atoms. The minimum Gasteiger partial charge on any atom is -0.303 e. The second-order valence-electron chi connectivity index (χ2n) is 6.00. The van der Waals surface area contributed by atoms with E-state index in [9.17, 15) is 0 Å². The van der Waals surface area contributed by atoms with E-state index in [1.807, 2.05) is 0 Å². The Labute approximate surface area is 131 Å². The average Bonchev–Trinajstić information content (AvgIpc) is 2.52. The maximum Gasteiger partial charge on any atom is 0.0875 e. The van der Waals surface area contributed by atoms with Crippen molar-refractivity contribution in [3.05, 3.63) is 35.9 Å². The predicted molar refractivity (Wildman–Crippen MR) is 92.5 cm³/mol. The van der Waals surface area contributed by atoms with Gasteiger partial charge in [0.1, 0.15) is 0 Å². The van der Waals surface area contributed by atoms with E-state index in [1.165, 1.54) is 55.7 Å². The molecule has 0 amide bonds. The van der Waals surface area contributed by atoms with Crippen LogP contribution < -0.4 is 0 Å². The van der Waals surface area contributed by atoms with Gasteiger partial charge in [0.15, 0.2) is 0 Å². The lowest BCUT2D eigenvalue weighted by atomic mass is 9.95. The number of hydrogen-bond acceptors (Lipinski definition) is 3. The largest absolute Gasteiger partial charge is 0.303 e. The van der Waals surface area contributed by atoms with Gasteiger partial charge in [0.2, 0.25) is 0 Å². The zero-order valence-electron chi connectivity index (χ0n) is 12.4. The summed E-state index contributed by atoms with van der Waals surface area (Å²) < 4.78 is 0.301. The second kappa shape index (κ2) is 6.76. The quantitative estimate of drug-likeness (QED) is 0.804. The van der Waals surface area contributed by atoms with E-state index in [0.717, 1.165) is 6.04 Å². The molecule has 3 heteroatoms. The van der Waals surface area contributed by atoms with Crippen molar-refractivity contribution >= 4 is 23.5 Å². The van der Waals surface area contributed by atoms with Crippen molar-refractivity contribution in [2.24, 2.45) is 0 Å². The third-order valence-corrected chi connectivity index (χ3v) is 8.03. The summed E-state index contributed by atoms with van der Waals surface area (Å²) in [4.78, 5) is 2.60. The van der Waals surface area contributed by atoms with Gasteiger partial charge in [-0.1, -0.05) is 36.8 Å². The summed E-state index contributed by atoms with van der Waals surface area (Å²) in [6, 6.07) is 12.0. The van der Waals surface area contributed by atoms with Crippen molar-refractivity contribution in [2.45, 2.75) is 42.2 Å². The van der Waals surface area contributed by atoms with Gasteiger partial charge < -0.3 is 4.90 Å². The van der Waals surface area contributed by atoms with Crippen LogP contribution >= 0.6 is 23.5 Å². The molecule has 0 spiro atoms. The van der Waals surface area contributed by atoms with Crippen LogP contribution in [0, 0.1) is 0 Å². The first-order chi connectivity index (χ1) is 9.80. The molecule has 1 aromatic rings. The standard InChI is InChI=1S/C17H25NS2/c1-18-11-6-5-10-16(18)14-17(19-12-7-13-20-17)15-8-3-2-4-9-15/h2-4,8-9,16H,5-7,10-14H2,1H3. The van der Waals surface area contributed by atoms with Gasteiger partial charge in [0.05, 0.1) is 4.08 Å². The van der Waals surface area contributed by atoms with Gasteiger partial charge in [0.25, 0.3) is 0 Å². The molecule has 1 unspecified atom stereocenters. The monoisotopic (exact) mass is 307 g/mol. The first kappa shape index (κ1) is 14.8. The van der Waals surface area contributed by atoms with Gasteiger partial charge in [-0.25, -0.2) is 0 Å². The topological polar surface area (TPSA) is 3.24 Å². The van der Waals surface area contributed by atoms with Crippen molar-refractivity contribution in [1.82, 2.24) is 4.90 Å². The van der Waals surface area contributed by atoms with Crippen LogP contribution in [-0.2, 0) is 4.08 Å². The fourth-order valence-corrected chi connectivity index (χ4v) is 6.86. The van der Waals surface area contributed by atoms with Crippen molar-refractivity contribution < 1.29 is 0 Å². The third kappa shape index (κ3) is 3.20. The van der Waals surface area contributed by atoms with E-state index >= 15 is 0 Å². The molecule has 0 aliphatic carbocycles. The summed E-state index contributed by atoms with van der Waals surface area (Å²) in [6.07, 6.45) is 6.85. The number of thioether (sulfide) groups is 2. The lowest BCUT2D eigenvalue weighted by molar-refractivity contribution is 0.173. The van der Waals surface area contributed by atoms with Crippen LogP contribution in [0.2, 0.25) is 0 Å². The smallest absolute Gasteiger partial charge is 0.0875 e. The molecular weight excluding hydrogens is 282 g/mol. The number of benzene rings is 1. The average molecular weight is 308 g/mol. The van der Waals surface area contributed by atoms with Crippen LogP contribution in [0.1, 0.15) is 37.7 Å². The van der Waals surface area contributed by atoms with Gasteiger partial charge in [0, 0.05) is 6.04 Å². The minimum absolute atomic E-state index is 0.301. The van der Waals surface area contributed by atoms with E-state index < -0.39 is 0 Å². The Hall–Kier alpha value is -0.120. The molecule has 2 fully saturated rings. The highest BCUT2D eigenvalue weighted by atomic mass is 32.2. The molecule has 2 saturated heterocycles. The fraction of sp³-hybridized carbons (Fsp3) is 0.647. The lowest BCUT2D eigenvalue weighted by Gasteiger charge is -2.43. The molecule has 2 aliphatic heterocycles. The Balaban J connectivity index is 1.82. The van der Waals surface area contributed by atoms with E-state index in [2.05, 4.69) is 65.8 Å². The normalized spacial score (nSPS) is 27.4. The van der Waals surface area contributed by atoms with Gasteiger partial charge in [-0.15, -0.1) is 23.5 Å². The van der Waals surface area contributed by atoms with E-state index in [1.54, 1.807) is 0 Å². The number of hydrogen-bond donors (Lipinski definition) is 0. The molecule has 2 heterocycles. The third-order valence-electron chi connectivity index (χ3n) is 4.60. The Morgan fingerprint density at radius 3 is 2.55 bits per heavy atom. The summed E-state index contributed by atoms with van der Waals surface area (Å²) in [6.45, 7) is 1.28. The molecule has 1 aromatic carbocycles. The van der Waals surface area contributed by atoms with Crippen molar-refractivity contribution in [1.29, 1.82) is 0 Å². The van der Waals surface area contributed by atoms with E-state index in [4.69, 9.17) is 0 Å². The molecule has 3 rings (SSSR count). The molecule has 0 radical (unpaired) electrons. The molecular formula is C17H25NS2. The highest BCUT2D eigenvalue weighted by molar-refractivity contribution is 8.18. The summed E-state index contributed by atoms with van der Waals surface area (Å²) in [5, 5.41) is 0. The van der Waals surface area contributed by atoms with Crippen LogP contribution in [0.15, 0.2) is 30.3 Å². The molecule has 0 saturated carbocycles. The molecule has 2 aliphatic rings. The Kier molecular flexibility index (Phi) is 5.00. The van der Waals surface area contributed by atoms with Crippen LogP contribution in [0.4, 0.5) is 0 Å². The first-order valence-corrected chi connectivity index (χ1v) is 9.81. The summed E-state index contributed by atoms with van der Waals surface area (Å²) in [7, 11) is 2.32. The SMILES string of the molecule is CN1CCCCC1CC1(c2ccccc2)SCCCS1. The summed E-state index contributed by atoms with van der Waals surface area (Å²) in [5.41, 5.74) is 1.54. The highest BCUT2D eigenvalue weighted by Gasteiger charge is 2.39. The van der Waals surface area contributed by atoms with Crippen LogP contribution in [0.5, 0.6) is 0 Å². The lowest BCUT2D eigenvalue weighted by Crippen LogP contribution is -2.41.